The molecule has 5 heterocycles. The molecule has 4 aromatic rings. The number of aryl methyl sites for hydroxylation is 2. The predicted molar refractivity (Wildman–Crippen MR) is 147 cm³/mol. The second-order valence-electron chi connectivity index (χ2n) is 10.9. The molecule has 5 rings (SSSR count). The number of carbonyl (C=O) groups is 1. The van der Waals surface area contributed by atoms with E-state index in [1.54, 1.807) is 11.1 Å². The van der Waals surface area contributed by atoms with Crippen LogP contribution in [0.5, 0.6) is 0 Å². The van der Waals surface area contributed by atoms with E-state index in [9.17, 15) is 4.79 Å². The predicted octanol–water partition coefficient (Wildman–Crippen LogP) is 5.53. The fourth-order valence-corrected chi connectivity index (χ4v) is 4.96. The van der Waals surface area contributed by atoms with Gasteiger partial charge in [0.2, 0.25) is 0 Å². The first-order chi connectivity index (χ1) is 18.2. The van der Waals surface area contributed by atoms with Crippen LogP contribution in [0.4, 0.5) is 10.6 Å². The highest BCUT2D eigenvalue weighted by Crippen LogP contribution is 2.30. The number of imidazole rings is 1. The molecule has 1 amide bonds. The summed E-state index contributed by atoms with van der Waals surface area (Å²) in [5.41, 5.74) is 6.65. The molecule has 0 spiro atoms. The van der Waals surface area contributed by atoms with E-state index in [2.05, 4.69) is 38.7 Å². The quantitative estimate of drug-likeness (QED) is 0.375. The number of ether oxygens (including phenoxy) is 1. The molecule has 0 bridgehead atoms. The molecule has 4 aromatic heterocycles. The van der Waals surface area contributed by atoms with Gasteiger partial charge < -0.3 is 15.0 Å². The van der Waals surface area contributed by atoms with E-state index in [1.165, 1.54) is 0 Å². The minimum Gasteiger partial charge on any atom is -0.444 e. The van der Waals surface area contributed by atoms with Gasteiger partial charge in [-0.25, -0.2) is 14.8 Å². The molecule has 0 aromatic carbocycles. The van der Waals surface area contributed by atoms with Crippen molar-refractivity contribution in [2.75, 3.05) is 18.4 Å². The third-order valence-corrected chi connectivity index (χ3v) is 6.79. The first-order valence-electron chi connectivity index (χ1n) is 13.1. The van der Waals surface area contributed by atoms with Crippen molar-refractivity contribution in [3.63, 3.8) is 0 Å². The summed E-state index contributed by atoms with van der Waals surface area (Å²) < 4.78 is 7.65. The maximum atomic E-state index is 12.4. The van der Waals surface area contributed by atoms with Crippen molar-refractivity contribution in [1.29, 1.82) is 0 Å². The molecule has 9 nitrogen and oxygen atoms in total. The van der Waals surface area contributed by atoms with Crippen LogP contribution in [0.2, 0.25) is 0 Å². The third-order valence-electron chi connectivity index (χ3n) is 6.79. The molecule has 0 radical (unpaired) electrons. The zero-order valence-electron chi connectivity index (χ0n) is 22.7. The minimum atomic E-state index is -0.485. The van der Waals surface area contributed by atoms with Gasteiger partial charge in [-0.15, -0.1) is 0 Å². The molecule has 0 aliphatic carbocycles. The van der Waals surface area contributed by atoms with Gasteiger partial charge in [0.05, 0.1) is 5.69 Å². The number of carbonyl (C=O) groups excluding carboxylic acids is 1. The average molecular weight is 514 g/mol. The first kappa shape index (κ1) is 25.6. The number of hydrogen-bond donors (Lipinski definition) is 1. The van der Waals surface area contributed by atoms with Crippen LogP contribution in [-0.4, -0.2) is 54.0 Å². The number of aromatic nitrogens is 5. The van der Waals surface area contributed by atoms with Crippen molar-refractivity contribution in [3.8, 4) is 11.3 Å². The molecule has 1 N–H and O–H groups in total. The summed E-state index contributed by atoms with van der Waals surface area (Å²) in [4.78, 5) is 32.5. The van der Waals surface area contributed by atoms with Gasteiger partial charge in [0.25, 0.3) is 0 Å². The maximum absolute atomic E-state index is 12.4. The lowest BCUT2D eigenvalue weighted by atomic mass is 9.94. The van der Waals surface area contributed by atoms with Crippen molar-refractivity contribution < 1.29 is 9.53 Å². The Morgan fingerprint density at radius 1 is 1.05 bits per heavy atom. The highest BCUT2D eigenvalue weighted by atomic mass is 16.6. The summed E-state index contributed by atoms with van der Waals surface area (Å²) >= 11 is 0. The molecule has 198 valence electrons. The first-order valence-corrected chi connectivity index (χ1v) is 13.1. The van der Waals surface area contributed by atoms with Crippen LogP contribution in [0.25, 0.3) is 16.9 Å². The number of nitrogens with zero attached hydrogens (tertiary/aromatic N) is 6. The molecule has 1 aliphatic heterocycles. The van der Waals surface area contributed by atoms with Crippen LogP contribution >= 0.6 is 0 Å². The van der Waals surface area contributed by atoms with Crippen LogP contribution in [0.3, 0.4) is 0 Å². The van der Waals surface area contributed by atoms with Crippen molar-refractivity contribution in [2.45, 2.75) is 65.5 Å². The third kappa shape index (κ3) is 5.61. The molecule has 1 aliphatic rings. The standard InChI is InChI=1S/C29H35N7O2/c1-19-14-21(16-32-25(19)23-6-9-30-20(2)15-23)17-33-26-27-34-18-24(36(27)13-10-31-26)22-7-11-35(12-8-22)28(37)38-29(3,4)5/h6,9-10,13-16,18,22H,7-8,11-12,17H2,1-5H3,(H,31,33). The number of hydrogen-bond acceptors (Lipinski definition) is 7. The maximum Gasteiger partial charge on any atom is 0.410 e. The largest absolute Gasteiger partial charge is 0.444 e. The summed E-state index contributed by atoms with van der Waals surface area (Å²) in [5, 5.41) is 3.45. The topological polar surface area (TPSA) is 97.5 Å². The zero-order chi connectivity index (χ0) is 26.9. The van der Waals surface area contributed by atoms with E-state index < -0.39 is 5.60 Å². The molecular formula is C29H35N7O2. The number of amides is 1. The van der Waals surface area contributed by atoms with Crippen LogP contribution in [0.1, 0.15) is 62.0 Å². The van der Waals surface area contributed by atoms with E-state index in [-0.39, 0.29) is 6.09 Å². The highest BCUT2D eigenvalue weighted by Gasteiger charge is 2.29. The molecule has 0 saturated carbocycles. The van der Waals surface area contributed by atoms with E-state index in [1.807, 2.05) is 58.5 Å². The van der Waals surface area contributed by atoms with E-state index >= 15 is 0 Å². The van der Waals surface area contributed by atoms with Gasteiger partial charge >= 0.3 is 6.09 Å². The molecule has 1 fully saturated rings. The lowest BCUT2D eigenvalue weighted by Crippen LogP contribution is -2.41. The zero-order valence-corrected chi connectivity index (χ0v) is 22.7. The number of pyridine rings is 2. The van der Waals surface area contributed by atoms with Crippen LogP contribution in [-0.2, 0) is 11.3 Å². The van der Waals surface area contributed by atoms with Crippen molar-refractivity contribution in [2.24, 2.45) is 0 Å². The van der Waals surface area contributed by atoms with Crippen LogP contribution < -0.4 is 5.32 Å². The van der Waals surface area contributed by atoms with Crippen molar-refractivity contribution >= 4 is 17.6 Å². The van der Waals surface area contributed by atoms with Gasteiger partial charge in [-0.1, -0.05) is 6.07 Å². The Hall–Kier alpha value is -4.01. The van der Waals surface area contributed by atoms with E-state index in [0.717, 1.165) is 58.1 Å². The number of likely N-dealkylation sites (tertiary alicyclic amines) is 1. The van der Waals surface area contributed by atoms with Gasteiger partial charge in [0.1, 0.15) is 5.60 Å². The Labute approximate surface area is 223 Å². The number of anilines is 1. The van der Waals surface area contributed by atoms with E-state index in [0.29, 0.717) is 25.6 Å². The summed E-state index contributed by atoms with van der Waals surface area (Å²) in [7, 11) is 0. The number of rotatable bonds is 5. The van der Waals surface area contributed by atoms with Crippen LogP contribution in [0.15, 0.2) is 49.2 Å². The van der Waals surface area contributed by atoms with Gasteiger partial charge in [-0.2, -0.15) is 0 Å². The Morgan fingerprint density at radius 3 is 2.55 bits per heavy atom. The van der Waals surface area contributed by atoms with E-state index in [4.69, 9.17) is 14.7 Å². The van der Waals surface area contributed by atoms with Crippen LogP contribution in [0, 0.1) is 13.8 Å². The molecule has 9 heteroatoms. The second kappa shape index (κ2) is 10.4. The average Bonchev–Trinajstić information content (AvgIpc) is 3.31. The summed E-state index contributed by atoms with van der Waals surface area (Å²) in [5.74, 6) is 1.05. The number of piperidine rings is 1. The summed E-state index contributed by atoms with van der Waals surface area (Å²) in [6.07, 6.45) is 10.9. The Balaban J connectivity index is 1.26. The SMILES string of the molecule is Cc1cc(-c2ncc(CNc3nccn4c(C5CCN(C(=O)OC(C)(C)C)CC5)cnc34)cc2C)ccn1. The van der Waals surface area contributed by atoms with Crippen molar-refractivity contribution in [1.82, 2.24) is 29.2 Å². The van der Waals surface area contributed by atoms with Gasteiger partial charge in [-0.05, 0) is 70.7 Å². The highest BCUT2D eigenvalue weighted by molar-refractivity contribution is 5.68. The fourth-order valence-electron chi connectivity index (χ4n) is 4.96. The Morgan fingerprint density at radius 2 is 1.84 bits per heavy atom. The van der Waals surface area contributed by atoms with Crippen molar-refractivity contribution in [3.05, 3.63) is 71.7 Å². The van der Waals surface area contributed by atoms with Gasteiger partial charge in [-0.3, -0.25) is 14.4 Å². The molecule has 0 unspecified atom stereocenters. The fraction of sp³-hybridized carbons (Fsp3) is 0.414. The van der Waals surface area contributed by atoms with Gasteiger partial charge in [0.15, 0.2) is 11.5 Å². The lowest BCUT2D eigenvalue weighted by Gasteiger charge is -2.33. The molecular weight excluding hydrogens is 478 g/mol. The number of nitrogens with one attached hydrogen (secondary N) is 1. The monoisotopic (exact) mass is 513 g/mol. The molecule has 38 heavy (non-hydrogen) atoms. The minimum absolute atomic E-state index is 0.238. The summed E-state index contributed by atoms with van der Waals surface area (Å²) in [6, 6.07) is 6.19. The normalized spacial score (nSPS) is 14.6. The summed E-state index contributed by atoms with van der Waals surface area (Å²) in [6.45, 7) is 11.7. The molecule has 0 atom stereocenters. The molecule has 1 saturated heterocycles. The Kier molecular flexibility index (Phi) is 7.01. The van der Waals surface area contributed by atoms with Gasteiger partial charge in [0, 0.05) is 73.5 Å². The second-order valence-corrected chi connectivity index (χ2v) is 10.9. The smallest absolute Gasteiger partial charge is 0.410 e. The lowest BCUT2D eigenvalue weighted by molar-refractivity contribution is 0.0204. The number of fused-ring (bicyclic) bond motifs is 1. The Bertz CT molecular complexity index is 1450.